The molecule has 172 valence electrons. The maximum atomic E-state index is 12.9. The summed E-state index contributed by atoms with van der Waals surface area (Å²) >= 11 is 6.13. The third kappa shape index (κ3) is 5.30. The van der Waals surface area contributed by atoms with E-state index in [1.54, 1.807) is 49.6 Å². The summed E-state index contributed by atoms with van der Waals surface area (Å²) in [5.74, 6) is 1.15. The Balaban J connectivity index is 1.53. The zero-order valence-corrected chi connectivity index (χ0v) is 19.5. The van der Waals surface area contributed by atoms with Crippen LogP contribution in [0.25, 0.3) is 0 Å². The number of amides is 1. The van der Waals surface area contributed by atoms with Crippen LogP contribution in [-0.4, -0.2) is 38.8 Å². The lowest BCUT2D eigenvalue weighted by atomic mass is 10.2. The highest BCUT2D eigenvalue weighted by Gasteiger charge is 2.27. The van der Waals surface area contributed by atoms with Crippen LogP contribution in [0.5, 0.6) is 17.2 Å². The molecule has 0 aromatic heterocycles. The van der Waals surface area contributed by atoms with E-state index in [0.717, 1.165) is 12.8 Å². The quantitative estimate of drug-likeness (QED) is 0.497. The van der Waals surface area contributed by atoms with Gasteiger partial charge in [-0.25, -0.2) is 8.42 Å². The van der Waals surface area contributed by atoms with Gasteiger partial charge in [0, 0.05) is 29.7 Å². The Morgan fingerprint density at radius 3 is 2.36 bits per heavy atom. The SMILES string of the molecule is COc1cccc(Oc2ccc(Cl)cc2NC(=O)c2ccc(S(=O)(=O)N3CCCC3)cc2)c1. The average molecular weight is 487 g/mol. The van der Waals surface area contributed by atoms with Crippen LogP contribution < -0.4 is 14.8 Å². The summed E-state index contributed by atoms with van der Waals surface area (Å²) in [5.41, 5.74) is 0.687. The van der Waals surface area contributed by atoms with Crippen molar-refractivity contribution in [2.45, 2.75) is 17.7 Å². The number of nitrogens with one attached hydrogen (secondary N) is 1. The molecule has 0 spiro atoms. The van der Waals surface area contributed by atoms with Gasteiger partial charge in [0.05, 0.1) is 17.7 Å². The van der Waals surface area contributed by atoms with Crippen LogP contribution in [0.4, 0.5) is 5.69 Å². The van der Waals surface area contributed by atoms with Gasteiger partial charge in [0.25, 0.3) is 5.91 Å². The van der Waals surface area contributed by atoms with Crippen LogP contribution in [0.1, 0.15) is 23.2 Å². The number of carbonyl (C=O) groups excluding carboxylic acids is 1. The molecule has 1 aliphatic rings. The lowest BCUT2D eigenvalue weighted by molar-refractivity contribution is 0.102. The van der Waals surface area contributed by atoms with Crippen molar-refractivity contribution in [1.29, 1.82) is 0 Å². The number of ether oxygens (including phenoxy) is 2. The molecule has 0 atom stereocenters. The highest BCUT2D eigenvalue weighted by molar-refractivity contribution is 7.89. The van der Waals surface area contributed by atoms with Crippen LogP contribution in [0.2, 0.25) is 5.02 Å². The zero-order valence-electron chi connectivity index (χ0n) is 18.0. The summed E-state index contributed by atoms with van der Waals surface area (Å²) in [6.45, 7) is 1.05. The van der Waals surface area contributed by atoms with Gasteiger partial charge in [-0.15, -0.1) is 0 Å². The molecule has 1 amide bonds. The highest BCUT2D eigenvalue weighted by atomic mass is 35.5. The largest absolute Gasteiger partial charge is 0.497 e. The van der Waals surface area contributed by atoms with Gasteiger partial charge < -0.3 is 14.8 Å². The van der Waals surface area contributed by atoms with E-state index in [4.69, 9.17) is 21.1 Å². The fourth-order valence-electron chi connectivity index (χ4n) is 3.53. The summed E-state index contributed by atoms with van der Waals surface area (Å²) in [7, 11) is -1.97. The van der Waals surface area contributed by atoms with E-state index < -0.39 is 15.9 Å². The molecule has 0 aliphatic carbocycles. The van der Waals surface area contributed by atoms with Gasteiger partial charge in [0.1, 0.15) is 11.5 Å². The number of methoxy groups -OCH3 is 1. The number of nitrogens with zero attached hydrogens (tertiary/aromatic N) is 1. The Labute approximate surface area is 197 Å². The van der Waals surface area contributed by atoms with Crippen LogP contribution in [0.15, 0.2) is 71.6 Å². The van der Waals surface area contributed by atoms with Crippen molar-refractivity contribution < 1.29 is 22.7 Å². The highest BCUT2D eigenvalue weighted by Crippen LogP contribution is 2.33. The normalized spacial score (nSPS) is 14.1. The van der Waals surface area contributed by atoms with E-state index in [9.17, 15) is 13.2 Å². The van der Waals surface area contributed by atoms with E-state index in [-0.39, 0.29) is 4.90 Å². The fourth-order valence-corrected chi connectivity index (χ4v) is 5.22. The van der Waals surface area contributed by atoms with Crippen LogP contribution in [0, 0.1) is 0 Å². The molecule has 0 bridgehead atoms. The number of sulfonamides is 1. The number of hydrogen-bond donors (Lipinski definition) is 1. The van der Waals surface area contributed by atoms with Crippen molar-refractivity contribution in [3.63, 3.8) is 0 Å². The molecule has 7 nitrogen and oxygen atoms in total. The lowest BCUT2D eigenvalue weighted by Crippen LogP contribution is -2.27. The molecule has 3 aromatic carbocycles. The number of hydrogen-bond acceptors (Lipinski definition) is 5. The van der Waals surface area contributed by atoms with E-state index in [1.807, 2.05) is 0 Å². The van der Waals surface area contributed by atoms with E-state index >= 15 is 0 Å². The molecule has 33 heavy (non-hydrogen) atoms. The van der Waals surface area contributed by atoms with Crippen molar-refractivity contribution in [3.8, 4) is 17.2 Å². The Hall–Kier alpha value is -3.07. The fraction of sp³-hybridized carbons (Fsp3) is 0.208. The van der Waals surface area contributed by atoms with Gasteiger partial charge in [-0.05, 0) is 67.4 Å². The number of halogens is 1. The van der Waals surface area contributed by atoms with Crippen molar-refractivity contribution in [3.05, 3.63) is 77.3 Å². The van der Waals surface area contributed by atoms with Gasteiger partial charge in [-0.1, -0.05) is 17.7 Å². The molecule has 4 rings (SSSR count). The lowest BCUT2D eigenvalue weighted by Gasteiger charge is -2.16. The van der Waals surface area contributed by atoms with Gasteiger partial charge in [-0.2, -0.15) is 4.31 Å². The number of carbonyl (C=O) groups is 1. The summed E-state index contributed by atoms with van der Waals surface area (Å²) in [5, 5.41) is 3.22. The van der Waals surface area contributed by atoms with Crippen molar-refractivity contribution in [2.75, 3.05) is 25.5 Å². The van der Waals surface area contributed by atoms with Gasteiger partial charge in [0.15, 0.2) is 5.75 Å². The molecule has 1 heterocycles. The molecule has 1 aliphatic heterocycles. The summed E-state index contributed by atoms with van der Waals surface area (Å²) in [6, 6.07) is 17.9. The van der Waals surface area contributed by atoms with Gasteiger partial charge >= 0.3 is 0 Å². The minimum atomic E-state index is -3.54. The van der Waals surface area contributed by atoms with Crippen LogP contribution in [0.3, 0.4) is 0 Å². The smallest absolute Gasteiger partial charge is 0.255 e. The first-order valence-corrected chi connectivity index (χ1v) is 12.2. The Bertz CT molecular complexity index is 1260. The predicted octanol–water partition coefficient (Wildman–Crippen LogP) is 5.18. The third-order valence-electron chi connectivity index (χ3n) is 5.28. The van der Waals surface area contributed by atoms with Gasteiger partial charge in [0.2, 0.25) is 10.0 Å². The molecular weight excluding hydrogens is 464 g/mol. The first-order chi connectivity index (χ1) is 15.9. The second-order valence-electron chi connectivity index (χ2n) is 7.51. The maximum Gasteiger partial charge on any atom is 0.255 e. The standard InChI is InChI=1S/C24H23ClN2O5S/c1-31-19-5-4-6-20(16-19)32-23-12-9-18(25)15-22(23)26-24(28)17-7-10-21(11-8-17)33(29,30)27-13-2-3-14-27/h4-12,15-16H,2-3,13-14H2,1H3,(H,26,28). The first kappa shape index (κ1) is 23.1. The maximum absolute atomic E-state index is 12.9. The van der Waals surface area contributed by atoms with Crippen molar-refractivity contribution >= 4 is 33.2 Å². The van der Waals surface area contributed by atoms with E-state index in [1.165, 1.54) is 28.6 Å². The molecule has 0 radical (unpaired) electrons. The summed E-state index contributed by atoms with van der Waals surface area (Å²) in [4.78, 5) is 13.0. The molecular formula is C24H23ClN2O5S. The average Bonchev–Trinajstić information content (AvgIpc) is 3.37. The van der Waals surface area contributed by atoms with Gasteiger partial charge in [-0.3, -0.25) is 4.79 Å². The third-order valence-corrected chi connectivity index (χ3v) is 7.43. The monoisotopic (exact) mass is 486 g/mol. The molecule has 3 aromatic rings. The second kappa shape index (κ2) is 9.82. The molecule has 0 saturated carbocycles. The summed E-state index contributed by atoms with van der Waals surface area (Å²) < 4.78 is 38.0. The minimum absolute atomic E-state index is 0.172. The predicted molar refractivity (Wildman–Crippen MR) is 127 cm³/mol. The van der Waals surface area contributed by atoms with Crippen LogP contribution >= 0.6 is 11.6 Å². The Morgan fingerprint density at radius 1 is 0.970 bits per heavy atom. The Morgan fingerprint density at radius 2 is 1.67 bits per heavy atom. The number of rotatable bonds is 7. The van der Waals surface area contributed by atoms with Crippen LogP contribution in [-0.2, 0) is 10.0 Å². The number of anilines is 1. The van der Waals surface area contributed by atoms with Crippen molar-refractivity contribution in [1.82, 2.24) is 4.31 Å². The second-order valence-corrected chi connectivity index (χ2v) is 9.89. The Kier molecular flexibility index (Phi) is 6.88. The number of benzene rings is 3. The molecule has 9 heteroatoms. The minimum Gasteiger partial charge on any atom is -0.497 e. The zero-order chi connectivity index (χ0) is 23.4. The molecule has 0 unspecified atom stereocenters. The molecule has 1 N–H and O–H groups in total. The molecule has 1 saturated heterocycles. The topological polar surface area (TPSA) is 84.9 Å². The van der Waals surface area contributed by atoms with Crippen molar-refractivity contribution in [2.24, 2.45) is 0 Å². The molecule has 1 fully saturated rings. The summed E-state index contributed by atoms with van der Waals surface area (Å²) in [6.07, 6.45) is 1.72. The van der Waals surface area contributed by atoms with E-state index in [0.29, 0.717) is 46.6 Å². The van der Waals surface area contributed by atoms with E-state index in [2.05, 4.69) is 5.32 Å². The first-order valence-electron chi connectivity index (χ1n) is 10.4.